The molecule has 1 aliphatic rings. The zero-order valence-electron chi connectivity index (χ0n) is 16.3. The van der Waals surface area contributed by atoms with E-state index in [4.69, 9.17) is 0 Å². The molecule has 3 atom stereocenters. The van der Waals surface area contributed by atoms with Crippen LogP contribution in [0.15, 0.2) is 42.5 Å². The van der Waals surface area contributed by atoms with Gasteiger partial charge in [0.15, 0.2) is 17.2 Å². The van der Waals surface area contributed by atoms with Gasteiger partial charge in [0, 0.05) is 22.3 Å². The van der Waals surface area contributed by atoms with Gasteiger partial charge in [-0.2, -0.15) is 13.2 Å². The first-order chi connectivity index (χ1) is 14.0. The molecule has 0 saturated heterocycles. The predicted molar refractivity (Wildman–Crippen MR) is 105 cm³/mol. The van der Waals surface area contributed by atoms with E-state index in [1.807, 2.05) is 0 Å². The second-order valence-corrected chi connectivity index (χ2v) is 7.83. The fourth-order valence-corrected chi connectivity index (χ4v) is 4.33. The lowest BCUT2D eigenvalue weighted by Crippen LogP contribution is -2.55. The first kappa shape index (κ1) is 20.4. The molecule has 3 N–H and O–H groups in total. The van der Waals surface area contributed by atoms with Crippen LogP contribution in [0.2, 0.25) is 0 Å². The van der Waals surface area contributed by atoms with Crippen LogP contribution in [0, 0.1) is 12.7 Å². The predicted octanol–water partition coefficient (Wildman–Crippen LogP) is 5.34. The minimum Gasteiger partial charge on any atom is -0.505 e. The summed E-state index contributed by atoms with van der Waals surface area (Å²) >= 11 is 0. The van der Waals surface area contributed by atoms with E-state index in [2.05, 4.69) is 10.3 Å². The van der Waals surface area contributed by atoms with Crippen LogP contribution >= 0.6 is 0 Å². The van der Waals surface area contributed by atoms with Crippen molar-refractivity contribution in [1.29, 1.82) is 0 Å². The highest BCUT2D eigenvalue weighted by Gasteiger charge is 2.62. The first-order valence-corrected chi connectivity index (χ1v) is 9.46. The molecule has 30 heavy (non-hydrogen) atoms. The number of aromatic nitrogens is 1. The van der Waals surface area contributed by atoms with Crippen molar-refractivity contribution in [2.24, 2.45) is 0 Å². The molecule has 0 amide bonds. The van der Waals surface area contributed by atoms with Crippen molar-refractivity contribution in [2.45, 2.75) is 44.0 Å². The number of phenolic OH excluding ortho intramolecular Hbond substituents is 1. The van der Waals surface area contributed by atoms with Gasteiger partial charge in [-0.25, -0.2) is 4.39 Å². The Kier molecular flexibility index (Phi) is 4.65. The van der Waals surface area contributed by atoms with Gasteiger partial charge >= 0.3 is 6.18 Å². The smallest absolute Gasteiger partial charge is 0.419 e. The summed E-state index contributed by atoms with van der Waals surface area (Å²) in [5.74, 6) is -2.51. The third-order valence-electron chi connectivity index (χ3n) is 5.76. The Bertz CT molecular complexity index is 1130. The van der Waals surface area contributed by atoms with Crippen molar-refractivity contribution in [1.82, 2.24) is 4.98 Å². The Morgan fingerprint density at radius 2 is 1.87 bits per heavy atom. The van der Waals surface area contributed by atoms with Crippen LogP contribution in [0.5, 0.6) is 5.75 Å². The number of benzene rings is 2. The summed E-state index contributed by atoms with van der Waals surface area (Å²) in [4.78, 5) is 4.38. The number of nitrogens with one attached hydrogen (secondary N) is 1. The molecule has 4 rings (SSSR count). The summed E-state index contributed by atoms with van der Waals surface area (Å²) in [5.41, 5.74) is -1.37. The quantitative estimate of drug-likeness (QED) is 0.490. The molecule has 1 heterocycles. The molecule has 2 aromatic carbocycles. The molecule has 0 spiro atoms. The monoisotopic (exact) mass is 420 g/mol. The topological polar surface area (TPSA) is 65.4 Å². The summed E-state index contributed by atoms with van der Waals surface area (Å²) in [6, 6.07) is 8.90. The summed E-state index contributed by atoms with van der Waals surface area (Å²) in [5, 5.41) is 24.4. The van der Waals surface area contributed by atoms with E-state index in [1.54, 1.807) is 37.3 Å². The zero-order chi connectivity index (χ0) is 21.8. The SMILES string of the molecule is Cc1ccc2c(NC3c4ccc(F)c(O)c4C(C)C[C@]3(O)C(F)(F)F)cccc2n1. The average Bonchev–Trinajstić information content (AvgIpc) is 2.66. The van der Waals surface area contributed by atoms with Crippen LogP contribution < -0.4 is 5.32 Å². The van der Waals surface area contributed by atoms with E-state index in [0.29, 0.717) is 16.6 Å². The average molecular weight is 420 g/mol. The van der Waals surface area contributed by atoms with Gasteiger partial charge in [0.1, 0.15) is 0 Å². The number of aliphatic hydroxyl groups is 1. The van der Waals surface area contributed by atoms with Gasteiger partial charge in [0.25, 0.3) is 0 Å². The Morgan fingerprint density at radius 3 is 2.57 bits per heavy atom. The van der Waals surface area contributed by atoms with Gasteiger partial charge in [0.2, 0.25) is 0 Å². The third kappa shape index (κ3) is 3.06. The standard InChI is InChI=1S/C22H20F4N2O2/c1-11-10-21(30,22(24,25)26)20(14-8-9-15(23)19(29)18(11)14)28-17-5-3-4-16-13(17)7-6-12(2)27-16/h3-9,11,20,28-30H,10H2,1-2H3/t11?,20?,21-/m1/s1. The minimum atomic E-state index is -4.96. The maximum atomic E-state index is 14.1. The van der Waals surface area contributed by atoms with E-state index >= 15 is 0 Å². The lowest BCUT2D eigenvalue weighted by Gasteiger charge is -2.45. The number of hydrogen-bond acceptors (Lipinski definition) is 4. The number of nitrogens with zero attached hydrogens (tertiary/aromatic N) is 1. The molecular formula is C22H20F4N2O2. The fraction of sp³-hybridized carbons (Fsp3) is 0.318. The van der Waals surface area contributed by atoms with E-state index in [9.17, 15) is 27.8 Å². The van der Waals surface area contributed by atoms with Gasteiger partial charge in [-0.05, 0) is 55.2 Å². The summed E-state index contributed by atoms with van der Waals surface area (Å²) in [6.45, 7) is 3.23. The summed E-state index contributed by atoms with van der Waals surface area (Å²) < 4.78 is 56.1. The van der Waals surface area contributed by atoms with Crippen molar-refractivity contribution >= 4 is 16.6 Å². The Morgan fingerprint density at radius 1 is 1.13 bits per heavy atom. The zero-order valence-corrected chi connectivity index (χ0v) is 16.3. The number of hydrogen-bond donors (Lipinski definition) is 3. The molecule has 0 aliphatic heterocycles. The summed E-state index contributed by atoms with van der Waals surface area (Å²) in [7, 11) is 0. The molecule has 0 radical (unpaired) electrons. The van der Waals surface area contributed by atoms with Crippen LogP contribution in [0.3, 0.4) is 0 Å². The van der Waals surface area contributed by atoms with Crippen molar-refractivity contribution in [3.63, 3.8) is 0 Å². The van der Waals surface area contributed by atoms with Crippen LogP contribution in [0.25, 0.3) is 10.9 Å². The van der Waals surface area contributed by atoms with Crippen LogP contribution in [-0.2, 0) is 0 Å². The number of pyridine rings is 1. The number of phenols is 1. The second kappa shape index (κ2) is 6.84. The number of aryl methyl sites for hydroxylation is 1. The van der Waals surface area contributed by atoms with Crippen LogP contribution in [0.4, 0.5) is 23.2 Å². The molecule has 1 aromatic heterocycles. The van der Waals surface area contributed by atoms with Gasteiger partial charge in [-0.15, -0.1) is 0 Å². The molecule has 0 saturated carbocycles. The molecule has 0 fully saturated rings. The molecule has 1 aliphatic carbocycles. The molecule has 8 heteroatoms. The van der Waals surface area contributed by atoms with E-state index < -0.39 is 41.7 Å². The lowest BCUT2D eigenvalue weighted by molar-refractivity contribution is -0.272. The van der Waals surface area contributed by atoms with E-state index in [1.165, 1.54) is 13.0 Å². The lowest BCUT2D eigenvalue weighted by atomic mass is 9.70. The van der Waals surface area contributed by atoms with E-state index in [0.717, 1.165) is 11.8 Å². The normalized spacial score (nSPS) is 24.0. The molecule has 158 valence electrons. The van der Waals surface area contributed by atoms with Crippen molar-refractivity contribution in [2.75, 3.05) is 5.32 Å². The fourth-order valence-electron chi connectivity index (χ4n) is 4.33. The van der Waals surface area contributed by atoms with Gasteiger partial charge in [0.05, 0.1) is 11.6 Å². The number of rotatable bonds is 2. The van der Waals surface area contributed by atoms with Crippen LogP contribution in [-0.4, -0.2) is 27.0 Å². The number of anilines is 1. The van der Waals surface area contributed by atoms with Crippen LogP contribution in [0.1, 0.15) is 42.1 Å². The van der Waals surface area contributed by atoms with Crippen molar-refractivity contribution in [3.05, 3.63) is 65.1 Å². The highest BCUT2D eigenvalue weighted by Crippen LogP contribution is 2.54. The Labute approximate surface area is 170 Å². The Hall–Kier alpha value is -2.87. The number of aromatic hydroxyl groups is 1. The maximum Gasteiger partial charge on any atom is 0.419 e. The summed E-state index contributed by atoms with van der Waals surface area (Å²) in [6.07, 6.45) is -5.68. The van der Waals surface area contributed by atoms with Gasteiger partial charge in [-0.3, -0.25) is 4.98 Å². The third-order valence-corrected chi connectivity index (χ3v) is 5.76. The number of fused-ring (bicyclic) bond motifs is 2. The van der Waals surface area contributed by atoms with E-state index in [-0.39, 0.29) is 11.1 Å². The second-order valence-electron chi connectivity index (χ2n) is 7.83. The molecular weight excluding hydrogens is 400 g/mol. The van der Waals surface area contributed by atoms with Crippen molar-refractivity contribution in [3.8, 4) is 5.75 Å². The highest BCUT2D eigenvalue weighted by molar-refractivity contribution is 5.91. The molecule has 0 bridgehead atoms. The number of halogens is 4. The van der Waals surface area contributed by atoms with Crippen molar-refractivity contribution < 1.29 is 27.8 Å². The van der Waals surface area contributed by atoms with Gasteiger partial charge in [-0.1, -0.05) is 19.1 Å². The largest absolute Gasteiger partial charge is 0.505 e. The molecule has 4 nitrogen and oxygen atoms in total. The molecule has 2 unspecified atom stereocenters. The Balaban J connectivity index is 1.92. The maximum absolute atomic E-state index is 14.1. The highest BCUT2D eigenvalue weighted by atomic mass is 19.4. The minimum absolute atomic E-state index is 0.00421. The number of alkyl halides is 3. The molecule has 3 aromatic rings. The van der Waals surface area contributed by atoms with Gasteiger partial charge < -0.3 is 15.5 Å². The first-order valence-electron chi connectivity index (χ1n) is 9.46.